The molecule has 0 saturated carbocycles. The molecule has 0 aromatic heterocycles. The fraction of sp³-hybridized carbons (Fsp3) is 0.833. The Labute approximate surface area is 55.0 Å². The van der Waals surface area contributed by atoms with E-state index in [-0.39, 0.29) is 0 Å². The van der Waals surface area contributed by atoms with E-state index in [0.717, 1.165) is 11.7 Å². The summed E-state index contributed by atoms with van der Waals surface area (Å²) >= 11 is 5.86. The smallest absolute Gasteiger partial charge is 0.226 e. The summed E-state index contributed by atoms with van der Waals surface area (Å²) in [4.78, 5) is 0. The Morgan fingerprint density at radius 1 is 1.75 bits per heavy atom. The lowest BCUT2D eigenvalue weighted by Crippen LogP contribution is -2.05. The summed E-state index contributed by atoms with van der Waals surface area (Å²) in [5, 5.41) is 1.02. The fourth-order valence-corrected chi connectivity index (χ4v) is 1.18. The molecule has 0 bridgehead atoms. The van der Waals surface area contributed by atoms with Crippen LogP contribution in [-0.4, -0.2) is 23.3 Å². The first kappa shape index (κ1) is 6.09. The molecule has 1 rings (SSSR count). The zero-order valence-electron chi connectivity index (χ0n) is 5.32. The van der Waals surface area contributed by atoms with E-state index in [2.05, 4.69) is 11.5 Å². The first-order valence-electron chi connectivity index (χ1n) is 2.95. The van der Waals surface area contributed by atoms with Crippen LogP contribution in [0.3, 0.4) is 0 Å². The zero-order valence-corrected chi connectivity index (χ0v) is 6.07. The molecule has 2 heteroatoms. The van der Waals surface area contributed by atoms with Gasteiger partial charge in [0.2, 0.25) is 5.17 Å². The summed E-state index contributed by atoms with van der Waals surface area (Å²) in [7, 11) is 2.03. The van der Waals surface area contributed by atoms with Gasteiger partial charge in [-0.2, -0.15) is 0 Å². The molecular formula is C6H11ClN+. The molecule has 46 valence electrons. The van der Waals surface area contributed by atoms with Crippen molar-refractivity contribution in [1.82, 2.24) is 0 Å². The summed E-state index contributed by atoms with van der Waals surface area (Å²) < 4.78 is 2.10. The van der Waals surface area contributed by atoms with Gasteiger partial charge in [-0.15, -0.1) is 0 Å². The zero-order chi connectivity index (χ0) is 6.15. The van der Waals surface area contributed by atoms with Gasteiger partial charge in [-0.25, -0.2) is 4.58 Å². The van der Waals surface area contributed by atoms with Crippen LogP contribution in [0.2, 0.25) is 0 Å². The first-order chi connectivity index (χ1) is 3.72. The molecule has 1 aliphatic heterocycles. The molecule has 0 aromatic carbocycles. The average molecular weight is 133 g/mol. The molecule has 0 fully saturated rings. The Morgan fingerprint density at radius 2 is 2.38 bits per heavy atom. The monoisotopic (exact) mass is 132 g/mol. The highest BCUT2D eigenvalue weighted by atomic mass is 35.5. The third kappa shape index (κ3) is 0.873. The summed E-state index contributed by atoms with van der Waals surface area (Å²) in [6.45, 7) is 3.28. The maximum Gasteiger partial charge on any atom is 0.247 e. The van der Waals surface area contributed by atoms with Crippen LogP contribution in [-0.2, 0) is 0 Å². The Kier molecular flexibility index (Phi) is 1.57. The van der Waals surface area contributed by atoms with Crippen LogP contribution in [0.15, 0.2) is 0 Å². The van der Waals surface area contributed by atoms with Crippen molar-refractivity contribution in [2.24, 2.45) is 5.92 Å². The molecule has 1 nitrogen and oxygen atoms in total. The largest absolute Gasteiger partial charge is 0.247 e. The molecule has 0 aliphatic carbocycles. The van der Waals surface area contributed by atoms with E-state index in [0.29, 0.717) is 5.92 Å². The molecule has 1 heterocycles. The van der Waals surface area contributed by atoms with Crippen molar-refractivity contribution < 1.29 is 4.58 Å². The number of halogens is 1. The maximum absolute atomic E-state index is 5.86. The fourth-order valence-electron chi connectivity index (χ4n) is 0.989. The van der Waals surface area contributed by atoms with Crippen molar-refractivity contribution >= 4 is 16.8 Å². The lowest BCUT2D eigenvalue weighted by Gasteiger charge is -1.88. The molecule has 0 spiro atoms. The van der Waals surface area contributed by atoms with E-state index >= 15 is 0 Å². The van der Waals surface area contributed by atoms with Crippen molar-refractivity contribution in [3.05, 3.63) is 0 Å². The summed E-state index contributed by atoms with van der Waals surface area (Å²) in [5.74, 6) is 0.599. The molecule has 1 unspecified atom stereocenters. The second kappa shape index (κ2) is 2.06. The number of hydrogen-bond acceptors (Lipinski definition) is 0. The molecule has 1 aliphatic rings. The average Bonchev–Trinajstić information content (AvgIpc) is 1.98. The predicted octanol–water partition coefficient (Wildman–Crippen LogP) is 1.31. The second-order valence-electron chi connectivity index (χ2n) is 2.43. The van der Waals surface area contributed by atoms with E-state index in [9.17, 15) is 0 Å². The highest BCUT2D eigenvalue weighted by molar-refractivity contribution is 6.64. The van der Waals surface area contributed by atoms with Crippen molar-refractivity contribution in [2.45, 2.75) is 13.3 Å². The van der Waals surface area contributed by atoms with Gasteiger partial charge < -0.3 is 0 Å². The molecule has 1 atom stereocenters. The van der Waals surface area contributed by atoms with Gasteiger partial charge in [-0.1, -0.05) is 6.92 Å². The topological polar surface area (TPSA) is 3.01 Å². The van der Waals surface area contributed by atoms with Gasteiger partial charge in [0.15, 0.2) is 0 Å². The van der Waals surface area contributed by atoms with Crippen LogP contribution in [0, 0.1) is 5.92 Å². The molecule has 8 heavy (non-hydrogen) atoms. The molecule has 0 radical (unpaired) electrons. The van der Waals surface area contributed by atoms with Crippen molar-refractivity contribution in [2.75, 3.05) is 13.6 Å². The van der Waals surface area contributed by atoms with Gasteiger partial charge >= 0.3 is 0 Å². The molecule has 0 amide bonds. The first-order valence-corrected chi connectivity index (χ1v) is 3.33. The second-order valence-corrected chi connectivity index (χ2v) is 2.82. The highest BCUT2D eigenvalue weighted by Gasteiger charge is 2.24. The van der Waals surface area contributed by atoms with Crippen molar-refractivity contribution in [1.29, 1.82) is 0 Å². The maximum atomic E-state index is 5.86. The standard InChI is InChI=1S/C6H11ClN/c1-5-3-4-8(2)6(5)7/h5H,3-4H2,1-2H3/q+1. The van der Waals surface area contributed by atoms with E-state index < -0.39 is 0 Å². The van der Waals surface area contributed by atoms with E-state index in [1.165, 1.54) is 6.42 Å². The van der Waals surface area contributed by atoms with Gasteiger partial charge in [0.25, 0.3) is 0 Å². The Bertz CT molecular complexity index is 128. The Hall–Kier alpha value is -0.0400. The van der Waals surface area contributed by atoms with Gasteiger partial charge in [0.05, 0.1) is 5.92 Å². The van der Waals surface area contributed by atoms with Crippen LogP contribution in [0.5, 0.6) is 0 Å². The van der Waals surface area contributed by atoms with Crippen LogP contribution in [0.4, 0.5) is 0 Å². The van der Waals surface area contributed by atoms with E-state index in [4.69, 9.17) is 11.6 Å². The number of rotatable bonds is 0. The van der Waals surface area contributed by atoms with Crippen LogP contribution >= 0.6 is 11.6 Å². The molecule has 0 N–H and O–H groups in total. The molecule has 0 saturated heterocycles. The van der Waals surface area contributed by atoms with Gasteiger partial charge in [0.1, 0.15) is 13.6 Å². The minimum atomic E-state index is 0.599. The van der Waals surface area contributed by atoms with Crippen LogP contribution in [0.25, 0.3) is 0 Å². The summed E-state index contributed by atoms with van der Waals surface area (Å²) in [5.41, 5.74) is 0. The molecule has 0 aromatic rings. The minimum Gasteiger partial charge on any atom is -0.226 e. The predicted molar refractivity (Wildman–Crippen MR) is 35.7 cm³/mol. The summed E-state index contributed by atoms with van der Waals surface area (Å²) in [6, 6.07) is 0. The number of nitrogens with zero attached hydrogens (tertiary/aromatic N) is 1. The lowest BCUT2D eigenvalue weighted by atomic mass is 10.2. The quantitative estimate of drug-likeness (QED) is 0.438. The Balaban J connectivity index is 2.71. The van der Waals surface area contributed by atoms with Gasteiger partial charge in [0, 0.05) is 6.42 Å². The summed E-state index contributed by atoms with van der Waals surface area (Å²) in [6.07, 6.45) is 1.22. The molecular weight excluding hydrogens is 122 g/mol. The third-order valence-electron chi connectivity index (χ3n) is 1.67. The third-order valence-corrected chi connectivity index (χ3v) is 2.33. The minimum absolute atomic E-state index is 0.599. The van der Waals surface area contributed by atoms with Crippen molar-refractivity contribution in [3.8, 4) is 0 Å². The Morgan fingerprint density at radius 3 is 2.50 bits per heavy atom. The van der Waals surface area contributed by atoms with E-state index in [1.54, 1.807) is 0 Å². The van der Waals surface area contributed by atoms with Crippen molar-refractivity contribution in [3.63, 3.8) is 0 Å². The van der Waals surface area contributed by atoms with Gasteiger partial charge in [-0.05, 0) is 11.6 Å². The van der Waals surface area contributed by atoms with Crippen LogP contribution in [0.1, 0.15) is 13.3 Å². The van der Waals surface area contributed by atoms with Gasteiger partial charge in [-0.3, -0.25) is 0 Å². The SMILES string of the molecule is CC1CC[N+](C)=C1Cl. The highest BCUT2D eigenvalue weighted by Crippen LogP contribution is 2.13. The van der Waals surface area contributed by atoms with E-state index in [1.807, 2.05) is 7.05 Å². The lowest BCUT2D eigenvalue weighted by molar-refractivity contribution is -0.486. The van der Waals surface area contributed by atoms with Crippen LogP contribution < -0.4 is 0 Å². The number of hydrogen-bond donors (Lipinski definition) is 0. The normalized spacial score (nSPS) is 29.6.